The van der Waals surface area contributed by atoms with Crippen molar-refractivity contribution in [3.63, 3.8) is 0 Å². The molecule has 2 aliphatic rings. The zero-order valence-corrected chi connectivity index (χ0v) is 18.1. The van der Waals surface area contributed by atoms with Gasteiger partial charge in [-0.25, -0.2) is 4.98 Å². The van der Waals surface area contributed by atoms with E-state index in [2.05, 4.69) is 38.9 Å². The van der Waals surface area contributed by atoms with Gasteiger partial charge in [0.1, 0.15) is 16.3 Å². The maximum absolute atomic E-state index is 12.2. The number of methoxy groups -OCH3 is 1. The van der Waals surface area contributed by atoms with Crippen molar-refractivity contribution in [1.29, 1.82) is 0 Å². The molecule has 0 radical (unpaired) electrons. The predicted molar refractivity (Wildman–Crippen MR) is 118 cm³/mol. The van der Waals surface area contributed by atoms with Crippen molar-refractivity contribution in [2.24, 2.45) is 11.8 Å². The summed E-state index contributed by atoms with van der Waals surface area (Å²) in [5, 5.41) is 1.92. The number of hydrogen-bond acceptors (Lipinski definition) is 6. The second kappa shape index (κ2) is 8.07. The molecule has 3 aromatic rings. The van der Waals surface area contributed by atoms with Crippen LogP contribution in [0.1, 0.15) is 17.4 Å². The Balaban J connectivity index is 0.00000205. The van der Waals surface area contributed by atoms with Gasteiger partial charge in [0.15, 0.2) is 0 Å². The van der Waals surface area contributed by atoms with Crippen LogP contribution in [0.5, 0.6) is 5.75 Å². The van der Waals surface area contributed by atoms with Crippen molar-refractivity contribution in [1.82, 2.24) is 19.8 Å². The Hall–Kier alpha value is -1.93. The number of aromatic amines is 1. The first-order chi connectivity index (χ1) is 13.6. The lowest BCUT2D eigenvalue weighted by Crippen LogP contribution is -2.30. The molecule has 2 fully saturated rings. The van der Waals surface area contributed by atoms with Crippen molar-refractivity contribution in [3.05, 3.63) is 57.5 Å². The zero-order valence-electron chi connectivity index (χ0n) is 16.5. The number of halogens is 1. The molecule has 0 bridgehead atoms. The van der Waals surface area contributed by atoms with E-state index in [9.17, 15) is 4.79 Å². The van der Waals surface area contributed by atoms with Gasteiger partial charge in [-0.05, 0) is 48.0 Å². The van der Waals surface area contributed by atoms with Crippen molar-refractivity contribution in [3.8, 4) is 5.75 Å². The Morgan fingerprint density at radius 3 is 2.76 bits per heavy atom. The van der Waals surface area contributed by atoms with Gasteiger partial charge in [0, 0.05) is 25.7 Å². The SMILES string of the molecule is COc1ccc([C@@H]2[C@@H]3CN(Cc4nc5ccsc5c(=O)[nH]4)C[C@@H]3CN2C)cc1.Cl. The Kier molecular flexibility index (Phi) is 5.66. The summed E-state index contributed by atoms with van der Waals surface area (Å²) in [6, 6.07) is 10.8. The molecule has 0 unspecified atom stereocenters. The fourth-order valence-electron chi connectivity index (χ4n) is 4.99. The van der Waals surface area contributed by atoms with Gasteiger partial charge in [-0.15, -0.1) is 23.7 Å². The molecule has 2 aliphatic heterocycles. The molecule has 0 spiro atoms. The summed E-state index contributed by atoms with van der Waals surface area (Å²) in [7, 11) is 3.93. The van der Waals surface area contributed by atoms with E-state index < -0.39 is 0 Å². The molecular formula is C21H25ClN4O2S. The summed E-state index contributed by atoms with van der Waals surface area (Å²) >= 11 is 1.45. The molecule has 0 amide bonds. The maximum Gasteiger partial charge on any atom is 0.268 e. The number of aromatic nitrogens is 2. The summed E-state index contributed by atoms with van der Waals surface area (Å²) < 4.78 is 6.02. The van der Waals surface area contributed by atoms with Gasteiger partial charge < -0.3 is 9.72 Å². The minimum Gasteiger partial charge on any atom is -0.497 e. The first kappa shape index (κ1) is 20.3. The second-order valence-corrected chi connectivity index (χ2v) is 8.84. The van der Waals surface area contributed by atoms with Gasteiger partial charge in [0.05, 0.1) is 19.2 Å². The van der Waals surface area contributed by atoms with E-state index in [0.29, 0.717) is 29.1 Å². The van der Waals surface area contributed by atoms with Crippen molar-refractivity contribution >= 4 is 34.0 Å². The average molecular weight is 433 g/mol. The largest absolute Gasteiger partial charge is 0.497 e. The van der Waals surface area contributed by atoms with E-state index in [1.807, 2.05) is 23.6 Å². The molecule has 154 valence electrons. The molecule has 4 heterocycles. The summed E-state index contributed by atoms with van der Waals surface area (Å²) in [5.74, 6) is 2.90. The van der Waals surface area contributed by atoms with Crippen LogP contribution in [0.2, 0.25) is 0 Å². The van der Waals surface area contributed by atoms with Crippen LogP contribution in [-0.2, 0) is 6.54 Å². The van der Waals surface area contributed by atoms with E-state index in [4.69, 9.17) is 4.74 Å². The van der Waals surface area contributed by atoms with Crippen LogP contribution in [0, 0.1) is 11.8 Å². The first-order valence-corrected chi connectivity index (χ1v) is 10.5. The number of likely N-dealkylation sites (tertiary alicyclic amines) is 2. The minimum atomic E-state index is -0.0229. The highest BCUT2D eigenvalue weighted by Gasteiger charge is 2.46. The van der Waals surface area contributed by atoms with Crippen molar-refractivity contribution in [2.45, 2.75) is 12.6 Å². The number of rotatable bonds is 4. The predicted octanol–water partition coefficient (Wildman–Crippen LogP) is 3.15. The van der Waals surface area contributed by atoms with Crippen molar-refractivity contribution < 1.29 is 4.74 Å². The summed E-state index contributed by atoms with van der Waals surface area (Å²) in [6.45, 7) is 3.88. The monoisotopic (exact) mass is 432 g/mol. The molecule has 1 aromatic carbocycles. The summed E-state index contributed by atoms with van der Waals surface area (Å²) in [6.07, 6.45) is 0. The van der Waals surface area contributed by atoms with E-state index in [1.165, 1.54) is 16.9 Å². The summed E-state index contributed by atoms with van der Waals surface area (Å²) in [4.78, 5) is 24.8. The molecule has 1 N–H and O–H groups in total. The molecule has 0 aliphatic carbocycles. The number of nitrogens with one attached hydrogen (secondary N) is 1. The molecule has 0 saturated carbocycles. The molecule has 6 nitrogen and oxygen atoms in total. The van der Waals surface area contributed by atoms with E-state index in [-0.39, 0.29) is 18.0 Å². The van der Waals surface area contributed by atoms with Crippen LogP contribution in [0.4, 0.5) is 0 Å². The quantitative estimate of drug-likeness (QED) is 0.686. The minimum absolute atomic E-state index is 0. The number of hydrogen-bond donors (Lipinski definition) is 1. The number of fused-ring (bicyclic) bond motifs is 2. The fraction of sp³-hybridized carbons (Fsp3) is 0.429. The van der Waals surface area contributed by atoms with Crippen LogP contribution < -0.4 is 10.3 Å². The van der Waals surface area contributed by atoms with Crippen LogP contribution in [-0.4, -0.2) is 53.6 Å². The van der Waals surface area contributed by atoms with Crippen LogP contribution >= 0.6 is 23.7 Å². The van der Waals surface area contributed by atoms with Gasteiger partial charge in [-0.3, -0.25) is 14.6 Å². The zero-order chi connectivity index (χ0) is 19.3. The lowest BCUT2D eigenvalue weighted by molar-refractivity contribution is 0.222. The van der Waals surface area contributed by atoms with Crippen LogP contribution in [0.3, 0.4) is 0 Å². The number of nitrogens with zero attached hydrogens (tertiary/aromatic N) is 3. The Bertz CT molecular complexity index is 1050. The molecule has 2 saturated heterocycles. The van der Waals surface area contributed by atoms with Gasteiger partial charge in [0.2, 0.25) is 0 Å². The molecule has 3 atom stereocenters. The highest BCUT2D eigenvalue weighted by molar-refractivity contribution is 7.17. The topological polar surface area (TPSA) is 61.5 Å². The molecule has 2 aromatic heterocycles. The standard InChI is InChI=1S/C21H24N4O2S.ClH/c1-24-9-14-10-25(12-18-22-17-7-8-28-20(17)21(26)23-18)11-16(14)19(24)13-3-5-15(27-2)6-4-13;/h3-8,14,16,19H,9-12H2,1-2H3,(H,22,23,26);1H/t14-,16+,19+;/m0./s1. The fourth-order valence-corrected chi connectivity index (χ4v) is 5.72. The van der Waals surface area contributed by atoms with Crippen molar-refractivity contribution in [2.75, 3.05) is 33.8 Å². The third-order valence-electron chi connectivity index (χ3n) is 6.16. The Labute approximate surface area is 179 Å². The van der Waals surface area contributed by atoms with Gasteiger partial charge in [-0.1, -0.05) is 12.1 Å². The highest BCUT2D eigenvalue weighted by Crippen LogP contribution is 2.44. The normalized spacial score (nSPS) is 24.6. The van der Waals surface area contributed by atoms with E-state index in [0.717, 1.165) is 36.7 Å². The second-order valence-electron chi connectivity index (χ2n) is 7.92. The Morgan fingerprint density at radius 2 is 2.00 bits per heavy atom. The van der Waals surface area contributed by atoms with Gasteiger partial charge in [0.25, 0.3) is 5.56 Å². The van der Waals surface area contributed by atoms with Crippen LogP contribution in [0.25, 0.3) is 10.2 Å². The number of ether oxygens (including phenoxy) is 1. The van der Waals surface area contributed by atoms with Crippen LogP contribution in [0.15, 0.2) is 40.5 Å². The van der Waals surface area contributed by atoms with E-state index >= 15 is 0 Å². The molecule has 29 heavy (non-hydrogen) atoms. The first-order valence-electron chi connectivity index (χ1n) is 9.65. The van der Waals surface area contributed by atoms with Gasteiger partial charge in [-0.2, -0.15) is 0 Å². The summed E-state index contributed by atoms with van der Waals surface area (Å²) in [5.41, 5.74) is 2.13. The highest BCUT2D eigenvalue weighted by atomic mass is 35.5. The lowest BCUT2D eigenvalue weighted by atomic mass is 9.89. The van der Waals surface area contributed by atoms with E-state index in [1.54, 1.807) is 7.11 Å². The Morgan fingerprint density at radius 1 is 1.21 bits per heavy atom. The lowest BCUT2D eigenvalue weighted by Gasteiger charge is -2.26. The smallest absolute Gasteiger partial charge is 0.268 e. The molecular weight excluding hydrogens is 408 g/mol. The van der Waals surface area contributed by atoms with Gasteiger partial charge >= 0.3 is 0 Å². The third kappa shape index (κ3) is 3.68. The maximum atomic E-state index is 12.2. The molecule has 8 heteroatoms. The number of H-pyrrole nitrogens is 1. The number of benzene rings is 1. The number of thiophene rings is 1. The molecule has 5 rings (SSSR count). The average Bonchev–Trinajstić information content (AvgIpc) is 3.36. The third-order valence-corrected chi connectivity index (χ3v) is 7.07.